The van der Waals surface area contributed by atoms with Gasteiger partial charge < -0.3 is 5.73 Å². The molecule has 0 aliphatic carbocycles. The normalized spacial score (nSPS) is 10.3. The maximum Gasteiger partial charge on any atom is 0.327 e. The lowest BCUT2D eigenvalue weighted by Crippen LogP contribution is -2.34. The molecule has 3 amide bonds. The number of rotatable bonds is 3. The first kappa shape index (κ1) is 16.3. The van der Waals surface area contributed by atoms with E-state index in [4.69, 9.17) is 5.73 Å². The first-order valence-corrected chi connectivity index (χ1v) is 7.61. The van der Waals surface area contributed by atoms with Crippen molar-refractivity contribution in [1.29, 1.82) is 0 Å². The Balaban J connectivity index is 1.70. The zero-order valence-corrected chi connectivity index (χ0v) is 13.6. The second-order valence-corrected chi connectivity index (χ2v) is 5.40. The molecule has 0 atom stereocenters. The number of nitrogens with two attached hydrogens (primary N) is 1. The fraction of sp³-hybridized carbons (Fsp3) is 0.0556. The lowest BCUT2D eigenvalue weighted by Gasteiger charge is -2.06. The van der Waals surface area contributed by atoms with Gasteiger partial charge in [-0.2, -0.15) is 5.10 Å². The fourth-order valence-corrected chi connectivity index (χ4v) is 2.43. The third kappa shape index (κ3) is 3.66. The van der Waals surface area contributed by atoms with E-state index in [1.165, 1.54) is 0 Å². The molecule has 0 spiro atoms. The van der Waals surface area contributed by atoms with Gasteiger partial charge in [-0.25, -0.2) is 4.79 Å². The van der Waals surface area contributed by atoms with Crippen LogP contribution in [0.25, 0.3) is 11.3 Å². The van der Waals surface area contributed by atoms with Crippen LogP contribution in [0, 0.1) is 0 Å². The van der Waals surface area contributed by atoms with Crippen molar-refractivity contribution in [2.75, 3.05) is 11.1 Å². The van der Waals surface area contributed by atoms with Gasteiger partial charge in [0.05, 0.1) is 11.3 Å². The fourth-order valence-electron chi connectivity index (χ4n) is 2.43. The summed E-state index contributed by atoms with van der Waals surface area (Å²) in [5.41, 5.74) is 8.08. The number of aromatic nitrogens is 2. The summed E-state index contributed by atoms with van der Waals surface area (Å²) in [6.07, 6.45) is 0. The Morgan fingerprint density at radius 3 is 2.44 bits per heavy atom. The van der Waals surface area contributed by atoms with E-state index in [1.54, 1.807) is 42.1 Å². The summed E-state index contributed by atoms with van der Waals surface area (Å²) in [6.45, 7) is 0. The van der Waals surface area contributed by atoms with Crippen molar-refractivity contribution in [3.05, 3.63) is 66.2 Å². The molecule has 0 bridgehead atoms. The van der Waals surface area contributed by atoms with E-state index in [0.717, 1.165) is 11.3 Å². The average molecular weight is 335 g/mol. The van der Waals surface area contributed by atoms with Crippen LogP contribution >= 0.6 is 0 Å². The van der Waals surface area contributed by atoms with E-state index in [-0.39, 0.29) is 5.56 Å². The standard InChI is InChI=1S/C18H17N5O2/c1-23-15(12-7-3-2-4-8-12)11-16(22-23)20-18(25)21-17(24)13-9-5-6-10-14(13)19/h2-11H,19H2,1H3,(H2,20,21,22,24,25). The number of aryl methyl sites for hydroxylation is 1. The van der Waals surface area contributed by atoms with Crippen molar-refractivity contribution >= 4 is 23.4 Å². The molecule has 7 nitrogen and oxygen atoms in total. The summed E-state index contributed by atoms with van der Waals surface area (Å²) < 4.78 is 1.65. The third-order valence-corrected chi connectivity index (χ3v) is 3.62. The highest BCUT2D eigenvalue weighted by atomic mass is 16.2. The van der Waals surface area contributed by atoms with Gasteiger partial charge in [-0.15, -0.1) is 0 Å². The highest BCUT2D eigenvalue weighted by Gasteiger charge is 2.14. The highest BCUT2D eigenvalue weighted by Crippen LogP contribution is 2.21. The minimum atomic E-state index is -0.675. The van der Waals surface area contributed by atoms with Gasteiger partial charge in [0.15, 0.2) is 5.82 Å². The Bertz CT molecular complexity index is 918. The second kappa shape index (κ2) is 6.88. The molecular formula is C18H17N5O2. The van der Waals surface area contributed by atoms with Gasteiger partial charge in [0.2, 0.25) is 0 Å². The Morgan fingerprint density at radius 1 is 1.04 bits per heavy atom. The van der Waals surface area contributed by atoms with Crippen LogP contribution < -0.4 is 16.4 Å². The summed E-state index contributed by atoms with van der Waals surface area (Å²) in [5.74, 6) is -0.234. The van der Waals surface area contributed by atoms with Crippen molar-refractivity contribution < 1.29 is 9.59 Å². The SMILES string of the molecule is Cn1nc(NC(=O)NC(=O)c2ccccc2N)cc1-c1ccccc1. The van der Waals surface area contributed by atoms with E-state index in [0.29, 0.717) is 11.5 Å². The quantitative estimate of drug-likeness (QED) is 0.640. The Hall–Kier alpha value is -3.61. The van der Waals surface area contributed by atoms with Crippen LogP contribution in [0.3, 0.4) is 0 Å². The van der Waals surface area contributed by atoms with Crippen LogP contribution in [0.2, 0.25) is 0 Å². The molecular weight excluding hydrogens is 318 g/mol. The van der Waals surface area contributed by atoms with Gasteiger partial charge in [-0.3, -0.25) is 20.1 Å². The number of nitrogens with zero attached hydrogens (tertiary/aromatic N) is 2. The van der Waals surface area contributed by atoms with Gasteiger partial charge >= 0.3 is 6.03 Å². The molecule has 126 valence electrons. The van der Waals surface area contributed by atoms with Crippen LogP contribution in [0.1, 0.15) is 10.4 Å². The minimum absolute atomic E-state index is 0.239. The molecule has 3 aromatic rings. The smallest absolute Gasteiger partial charge is 0.327 e. The number of imide groups is 1. The van der Waals surface area contributed by atoms with E-state index >= 15 is 0 Å². The molecule has 0 unspecified atom stereocenters. The number of hydrogen-bond donors (Lipinski definition) is 3. The molecule has 7 heteroatoms. The molecule has 0 radical (unpaired) electrons. The molecule has 0 saturated carbocycles. The van der Waals surface area contributed by atoms with Gasteiger partial charge in [-0.1, -0.05) is 42.5 Å². The zero-order chi connectivity index (χ0) is 17.8. The summed E-state index contributed by atoms with van der Waals surface area (Å²) in [5, 5.41) is 9.02. The molecule has 25 heavy (non-hydrogen) atoms. The van der Waals surface area contributed by atoms with Crippen LogP contribution in [-0.2, 0) is 7.05 Å². The summed E-state index contributed by atoms with van der Waals surface area (Å²) in [6, 6.07) is 17.2. The number of amides is 3. The number of carbonyl (C=O) groups is 2. The molecule has 4 N–H and O–H groups in total. The molecule has 0 saturated heterocycles. The maximum atomic E-state index is 12.1. The lowest BCUT2D eigenvalue weighted by molar-refractivity contribution is 0.0968. The first-order valence-electron chi connectivity index (χ1n) is 7.61. The van der Waals surface area contributed by atoms with Crippen LogP contribution in [0.4, 0.5) is 16.3 Å². The number of carbonyl (C=O) groups excluding carboxylic acids is 2. The number of para-hydroxylation sites is 1. The van der Waals surface area contributed by atoms with Crippen molar-refractivity contribution in [3.8, 4) is 11.3 Å². The number of hydrogen-bond acceptors (Lipinski definition) is 4. The topological polar surface area (TPSA) is 102 Å². The van der Waals surface area contributed by atoms with Crippen molar-refractivity contribution in [2.45, 2.75) is 0 Å². The predicted molar refractivity (Wildman–Crippen MR) is 96.0 cm³/mol. The molecule has 0 aliphatic heterocycles. The summed E-state index contributed by atoms with van der Waals surface area (Å²) >= 11 is 0. The Labute approximate surface area is 144 Å². The average Bonchev–Trinajstić information content (AvgIpc) is 2.96. The van der Waals surface area contributed by atoms with E-state index < -0.39 is 11.9 Å². The first-order chi connectivity index (χ1) is 12.0. The Kier molecular flexibility index (Phi) is 4.47. The largest absolute Gasteiger partial charge is 0.398 e. The molecule has 0 fully saturated rings. The van der Waals surface area contributed by atoms with E-state index in [1.807, 2.05) is 30.3 Å². The Morgan fingerprint density at radius 2 is 1.72 bits per heavy atom. The lowest BCUT2D eigenvalue weighted by atomic mass is 10.1. The molecule has 1 heterocycles. The van der Waals surface area contributed by atoms with Crippen LogP contribution in [0.5, 0.6) is 0 Å². The van der Waals surface area contributed by atoms with Crippen molar-refractivity contribution in [3.63, 3.8) is 0 Å². The van der Waals surface area contributed by atoms with E-state index in [9.17, 15) is 9.59 Å². The number of urea groups is 1. The van der Waals surface area contributed by atoms with Crippen molar-refractivity contribution in [1.82, 2.24) is 15.1 Å². The molecule has 1 aromatic heterocycles. The number of anilines is 2. The number of nitrogen functional groups attached to an aromatic ring is 1. The predicted octanol–water partition coefficient (Wildman–Crippen LogP) is 2.63. The van der Waals surface area contributed by atoms with Gasteiger partial charge in [-0.05, 0) is 17.7 Å². The molecule has 2 aromatic carbocycles. The number of nitrogens with one attached hydrogen (secondary N) is 2. The highest BCUT2D eigenvalue weighted by molar-refractivity contribution is 6.10. The zero-order valence-electron chi connectivity index (χ0n) is 13.6. The molecule has 0 aliphatic rings. The van der Waals surface area contributed by atoms with Gasteiger partial charge in [0.25, 0.3) is 5.91 Å². The monoisotopic (exact) mass is 335 g/mol. The van der Waals surface area contributed by atoms with Gasteiger partial charge in [0.1, 0.15) is 0 Å². The van der Waals surface area contributed by atoms with Gasteiger partial charge in [0, 0.05) is 18.8 Å². The second-order valence-electron chi connectivity index (χ2n) is 5.40. The van der Waals surface area contributed by atoms with Crippen molar-refractivity contribution in [2.24, 2.45) is 7.05 Å². The maximum absolute atomic E-state index is 12.1. The van der Waals surface area contributed by atoms with E-state index in [2.05, 4.69) is 15.7 Å². The third-order valence-electron chi connectivity index (χ3n) is 3.62. The summed E-state index contributed by atoms with van der Waals surface area (Å²) in [7, 11) is 1.78. The van der Waals surface area contributed by atoms with Crippen LogP contribution in [-0.4, -0.2) is 21.7 Å². The van der Waals surface area contributed by atoms with Crippen LogP contribution in [0.15, 0.2) is 60.7 Å². The summed E-state index contributed by atoms with van der Waals surface area (Å²) in [4.78, 5) is 24.1. The number of benzene rings is 2. The molecule has 3 rings (SSSR count). The minimum Gasteiger partial charge on any atom is -0.398 e.